The molecule has 0 amide bonds. The number of hydrogen-bond acceptors (Lipinski definition) is 12. The van der Waals surface area contributed by atoms with E-state index in [-0.39, 0.29) is 21.7 Å². The Labute approximate surface area is 777 Å². The molecule has 0 saturated heterocycles. The van der Waals surface area contributed by atoms with Gasteiger partial charge in [-0.05, 0) is 88.4 Å². The monoisotopic (exact) mass is 1720 g/mol. The van der Waals surface area contributed by atoms with Gasteiger partial charge < -0.3 is 0 Å². The molecule has 12 nitrogen and oxygen atoms in total. The average Bonchev–Trinajstić information content (AvgIpc) is 0.850. The van der Waals surface area contributed by atoms with Crippen LogP contribution in [0.3, 0.4) is 0 Å². The summed E-state index contributed by atoms with van der Waals surface area (Å²) in [5.41, 5.74) is 26.0. The Bertz CT molecular complexity index is 6700. The lowest BCUT2D eigenvalue weighted by molar-refractivity contribution is 0.590. The second kappa shape index (κ2) is 40.6. The van der Waals surface area contributed by atoms with E-state index < -0.39 is 0 Å². The molecule has 648 valence electrons. The van der Waals surface area contributed by atoms with Gasteiger partial charge in [0.1, 0.15) is 0 Å². The maximum Gasteiger partial charge on any atom is 0.164 e. The molecular weight excluding hydrogens is 1610 g/mol. The van der Waals surface area contributed by atoms with Crippen molar-refractivity contribution in [3.8, 4) is 159 Å². The van der Waals surface area contributed by atoms with Crippen molar-refractivity contribution in [2.75, 3.05) is 0 Å². The van der Waals surface area contributed by atoms with Gasteiger partial charge in [-0.1, -0.05) is 498 Å². The van der Waals surface area contributed by atoms with Crippen LogP contribution in [-0.4, -0.2) is 59.8 Å². The van der Waals surface area contributed by atoms with Crippen molar-refractivity contribution in [2.24, 2.45) is 0 Å². The van der Waals surface area contributed by atoms with Crippen molar-refractivity contribution in [1.29, 1.82) is 0 Å². The second-order valence-electron chi connectivity index (χ2n) is 36.5. The summed E-state index contributed by atoms with van der Waals surface area (Å²) in [6.45, 7) is 42.0. The van der Waals surface area contributed by atoms with Crippen LogP contribution < -0.4 is 0 Å². The minimum absolute atomic E-state index is 0.0799. The molecule has 132 heavy (non-hydrogen) atoms. The molecule has 0 aliphatic heterocycles. The second-order valence-corrected chi connectivity index (χ2v) is 36.5. The first-order chi connectivity index (χ1) is 63.7. The van der Waals surface area contributed by atoms with Crippen LogP contribution in [0.1, 0.15) is 128 Å². The molecule has 14 aromatic carbocycles. The summed E-state index contributed by atoms with van der Waals surface area (Å²) < 4.78 is 0. The Hall–Kier alpha value is -15.9. The lowest BCUT2D eigenvalue weighted by atomic mass is 9.86. The van der Waals surface area contributed by atoms with Gasteiger partial charge in [0.15, 0.2) is 69.9 Å². The largest absolute Gasteiger partial charge is 0.208 e. The van der Waals surface area contributed by atoms with Crippen LogP contribution in [0.5, 0.6) is 0 Å². The number of aromatic nitrogens is 12. The summed E-state index contributed by atoms with van der Waals surface area (Å²) >= 11 is 0. The highest BCUT2D eigenvalue weighted by Crippen LogP contribution is 2.37. The van der Waals surface area contributed by atoms with Crippen molar-refractivity contribution in [3.05, 3.63) is 435 Å². The fourth-order valence-electron chi connectivity index (χ4n) is 14.7. The van der Waals surface area contributed by atoms with E-state index in [0.717, 1.165) is 111 Å². The predicted octanol–water partition coefficient (Wildman–Crippen LogP) is 30.6. The molecule has 12 heteroatoms. The van der Waals surface area contributed by atoms with Gasteiger partial charge in [0.05, 0.1) is 0 Å². The highest BCUT2D eigenvalue weighted by molar-refractivity contribution is 5.76. The molecule has 0 N–H and O–H groups in total. The molecule has 4 heterocycles. The van der Waals surface area contributed by atoms with Crippen LogP contribution in [0.2, 0.25) is 0 Å². The minimum Gasteiger partial charge on any atom is -0.208 e. The molecule has 0 saturated carbocycles. The SMILES string of the molecule is C=Cc1ccc(-c2ccc(-c3nc(-c4ccc(C(C)(C)C)cc4)nc(-c4ccc(C(C)(C)C)cc4)n3)cc2)cc1.C=Cc1ccc(-c2ccc(-c3nc(-c4ccccc4)nc(-c4ccccc4)n3)cc2)cc1.C=Cc1ccc(-c2nc(-c3ccc(C(C)(C)C)cc3)nc(-c3ccc(C(C)(C)C)cc3)n2)cc1.C=Cc1ccc(-c2nc(-c3ccccc3)nc(-c3ccccc3)n2)cc1. The first kappa shape index (κ1) is 90.9. The predicted molar refractivity (Wildman–Crippen MR) is 551 cm³/mol. The van der Waals surface area contributed by atoms with Crippen LogP contribution in [0.4, 0.5) is 0 Å². The van der Waals surface area contributed by atoms with E-state index >= 15 is 0 Å². The average molecular weight is 1720 g/mol. The Morgan fingerprint density at radius 1 is 0.136 bits per heavy atom. The standard InChI is InChI=1S/C37H37N3.C31H33N3.C29H21N3.C23H17N3/c1-8-25-9-11-26(12-10-25)27-13-15-28(16-14-27)33-38-34(29-17-21-31(22-18-29)36(2,3)4)40-35(39-33)30-19-23-32(24-20-30)37(5,6)7;1-8-21-9-11-22(12-10-21)27-32-28(23-13-17-25(18-14-23)30(2,3)4)34-29(33-27)24-15-19-26(20-16-24)31(5,6)7;1-2-21-13-15-22(16-14-21)23-17-19-26(20-18-23)29-31-27(24-9-5-3-6-10-24)30-28(32-29)25-11-7-4-8-12-25;1-2-17-13-15-20(16-14-17)23-25-21(18-9-5-3-6-10-18)24-22(26-23)19-11-7-4-8-12-19/h8-24H,1H2,2-7H3;8-20H,1H2,2-7H3;2-20H,1H2;2-16H,1H2. The summed E-state index contributed by atoms with van der Waals surface area (Å²) in [6, 6.07) is 124. The van der Waals surface area contributed by atoms with E-state index in [1.807, 2.05) is 194 Å². The van der Waals surface area contributed by atoms with E-state index in [9.17, 15) is 0 Å². The van der Waals surface area contributed by atoms with Gasteiger partial charge in [0.25, 0.3) is 0 Å². The Kier molecular flexibility index (Phi) is 27.9. The van der Waals surface area contributed by atoms with E-state index in [2.05, 4.69) is 304 Å². The summed E-state index contributed by atoms with van der Waals surface area (Å²) in [5.74, 6) is 8.00. The van der Waals surface area contributed by atoms with Gasteiger partial charge in [-0.15, -0.1) is 0 Å². The van der Waals surface area contributed by atoms with E-state index in [4.69, 9.17) is 59.8 Å². The normalized spacial score (nSPS) is 11.3. The molecule has 0 unspecified atom stereocenters. The fourth-order valence-corrected chi connectivity index (χ4v) is 14.7. The van der Waals surface area contributed by atoms with Crippen LogP contribution in [0.15, 0.2) is 390 Å². The topological polar surface area (TPSA) is 155 Å². The molecular formula is C120H108N12. The summed E-state index contributed by atoms with van der Waals surface area (Å²) in [4.78, 5) is 57.8. The molecule has 0 aliphatic rings. The molecule has 18 rings (SSSR count). The van der Waals surface area contributed by atoms with E-state index in [0.29, 0.717) is 69.9 Å². The van der Waals surface area contributed by atoms with Gasteiger partial charge in [0, 0.05) is 66.8 Å². The molecule has 0 bridgehead atoms. The van der Waals surface area contributed by atoms with Gasteiger partial charge >= 0.3 is 0 Å². The van der Waals surface area contributed by atoms with Crippen molar-refractivity contribution in [2.45, 2.75) is 105 Å². The number of benzene rings is 14. The van der Waals surface area contributed by atoms with Gasteiger partial charge in [-0.2, -0.15) is 0 Å². The minimum atomic E-state index is 0.0799. The van der Waals surface area contributed by atoms with Crippen LogP contribution >= 0.6 is 0 Å². The maximum atomic E-state index is 4.94. The zero-order valence-corrected chi connectivity index (χ0v) is 77.1. The van der Waals surface area contributed by atoms with Gasteiger partial charge in [-0.3, -0.25) is 0 Å². The number of nitrogens with zero attached hydrogens (tertiary/aromatic N) is 12. The molecule has 4 aromatic heterocycles. The van der Waals surface area contributed by atoms with Gasteiger partial charge in [0.2, 0.25) is 0 Å². The maximum absolute atomic E-state index is 4.94. The Balaban J connectivity index is 0.000000136. The zero-order valence-electron chi connectivity index (χ0n) is 77.1. The molecule has 0 atom stereocenters. The quantitative estimate of drug-likeness (QED) is 0.0803. The lowest BCUT2D eigenvalue weighted by Gasteiger charge is -2.19. The molecule has 0 radical (unpaired) electrons. The van der Waals surface area contributed by atoms with Crippen molar-refractivity contribution in [1.82, 2.24) is 59.8 Å². The van der Waals surface area contributed by atoms with Crippen LogP contribution in [0.25, 0.3) is 183 Å². The van der Waals surface area contributed by atoms with Crippen LogP contribution in [0, 0.1) is 0 Å². The summed E-state index contributed by atoms with van der Waals surface area (Å²) in [6.07, 6.45) is 7.36. The highest BCUT2D eigenvalue weighted by Gasteiger charge is 2.23. The fraction of sp³-hybridized carbons (Fsp3) is 0.133. The summed E-state index contributed by atoms with van der Waals surface area (Å²) in [5, 5.41) is 0. The molecule has 0 spiro atoms. The third-order valence-electron chi connectivity index (χ3n) is 22.8. The molecule has 0 aliphatic carbocycles. The van der Waals surface area contributed by atoms with Crippen LogP contribution in [-0.2, 0) is 21.7 Å². The number of rotatable bonds is 18. The van der Waals surface area contributed by atoms with E-state index in [1.54, 1.807) is 0 Å². The van der Waals surface area contributed by atoms with Gasteiger partial charge in [-0.25, -0.2) is 59.8 Å². The lowest BCUT2D eigenvalue weighted by Crippen LogP contribution is -2.11. The third-order valence-corrected chi connectivity index (χ3v) is 22.8. The first-order valence-electron chi connectivity index (χ1n) is 44.5. The first-order valence-corrected chi connectivity index (χ1v) is 44.5. The highest BCUT2D eigenvalue weighted by atomic mass is 15.1. The van der Waals surface area contributed by atoms with Crippen molar-refractivity contribution < 1.29 is 0 Å². The molecule has 18 aromatic rings. The smallest absolute Gasteiger partial charge is 0.164 e. The van der Waals surface area contributed by atoms with Crippen molar-refractivity contribution >= 4 is 24.3 Å². The summed E-state index contributed by atoms with van der Waals surface area (Å²) in [7, 11) is 0. The molecule has 0 fully saturated rings. The third kappa shape index (κ3) is 23.0. The zero-order chi connectivity index (χ0) is 92.5. The Morgan fingerprint density at radius 2 is 0.242 bits per heavy atom. The van der Waals surface area contributed by atoms with Crippen molar-refractivity contribution in [3.63, 3.8) is 0 Å². The Morgan fingerprint density at radius 3 is 0.371 bits per heavy atom. The number of hydrogen-bond donors (Lipinski definition) is 0. The van der Waals surface area contributed by atoms with E-state index in [1.165, 1.54) is 22.3 Å².